The number of aliphatic imine (C=N–C) groups is 1. The zero-order chi connectivity index (χ0) is 23.1. The number of hydrogen-bond donors (Lipinski definition) is 1. The quantitative estimate of drug-likeness (QED) is 0.296. The standard InChI is InChI=1S/C26H28N2O3S/c1-5-14-27-18(3)23(15-25(29)30)20-10-12-22(13-11-20)31-16-24-19(4)28-26(32-24)21-8-6-17(2)7-9-21/h5-13,23H,1,14-16H2,2-4H3,(H,29,30). The molecule has 1 N–H and O–H groups in total. The SMILES string of the molecule is C=CCN=C(C)C(CC(=O)O)c1ccc(OCc2sc(-c3ccc(C)cc3)nc2C)cc1. The number of carbonyl (C=O) groups is 1. The average molecular weight is 449 g/mol. The van der Waals surface area contributed by atoms with Gasteiger partial charge in [-0.3, -0.25) is 9.79 Å². The van der Waals surface area contributed by atoms with Crippen molar-refractivity contribution in [1.29, 1.82) is 0 Å². The Morgan fingerprint density at radius 2 is 1.88 bits per heavy atom. The van der Waals surface area contributed by atoms with E-state index >= 15 is 0 Å². The van der Waals surface area contributed by atoms with Crippen LogP contribution in [-0.2, 0) is 11.4 Å². The van der Waals surface area contributed by atoms with Crippen molar-refractivity contribution in [3.8, 4) is 16.3 Å². The van der Waals surface area contributed by atoms with Crippen LogP contribution in [0.1, 0.15) is 41.0 Å². The van der Waals surface area contributed by atoms with Gasteiger partial charge in [-0.1, -0.05) is 48.0 Å². The molecule has 0 spiro atoms. The van der Waals surface area contributed by atoms with Crippen molar-refractivity contribution in [3.63, 3.8) is 0 Å². The van der Waals surface area contributed by atoms with Crippen molar-refractivity contribution in [2.45, 2.75) is 39.7 Å². The Bertz CT molecular complexity index is 1100. The first-order chi connectivity index (χ1) is 15.4. The van der Waals surface area contributed by atoms with E-state index in [0.717, 1.165) is 38.2 Å². The van der Waals surface area contributed by atoms with E-state index in [1.165, 1.54) is 5.56 Å². The first kappa shape index (κ1) is 23.4. The van der Waals surface area contributed by atoms with Crippen LogP contribution in [0, 0.1) is 13.8 Å². The summed E-state index contributed by atoms with van der Waals surface area (Å²) in [5.41, 5.74) is 4.99. The lowest BCUT2D eigenvalue weighted by Crippen LogP contribution is -2.14. The molecule has 0 saturated carbocycles. The number of ether oxygens (including phenoxy) is 1. The van der Waals surface area contributed by atoms with E-state index in [-0.39, 0.29) is 12.3 Å². The summed E-state index contributed by atoms with van der Waals surface area (Å²) in [5.74, 6) is -0.399. The summed E-state index contributed by atoms with van der Waals surface area (Å²) < 4.78 is 5.99. The van der Waals surface area contributed by atoms with Gasteiger partial charge >= 0.3 is 5.97 Å². The van der Waals surface area contributed by atoms with E-state index in [1.54, 1.807) is 17.4 Å². The number of thiazole rings is 1. The predicted octanol–water partition coefficient (Wildman–Crippen LogP) is 6.21. The zero-order valence-corrected chi connectivity index (χ0v) is 19.5. The average Bonchev–Trinajstić information content (AvgIpc) is 3.15. The monoisotopic (exact) mass is 448 g/mol. The molecule has 166 valence electrons. The number of aliphatic carboxylic acids is 1. The molecule has 0 bridgehead atoms. The van der Waals surface area contributed by atoms with Crippen LogP contribution in [0.5, 0.6) is 5.75 Å². The van der Waals surface area contributed by atoms with Gasteiger partial charge in [-0.15, -0.1) is 17.9 Å². The molecule has 1 aromatic heterocycles. The predicted molar refractivity (Wildman–Crippen MR) is 131 cm³/mol. The normalized spacial score (nSPS) is 12.4. The van der Waals surface area contributed by atoms with E-state index in [2.05, 4.69) is 42.8 Å². The summed E-state index contributed by atoms with van der Waals surface area (Å²) in [6, 6.07) is 15.9. The second-order valence-corrected chi connectivity index (χ2v) is 8.76. The number of carboxylic acids is 1. The van der Waals surface area contributed by atoms with Gasteiger partial charge in [0.05, 0.1) is 23.5 Å². The molecule has 1 unspecified atom stereocenters. The van der Waals surface area contributed by atoms with Gasteiger partial charge in [0.15, 0.2) is 0 Å². The number of benzene rings is 2. The highest BCUT2D eigenvalue weighted by atomic mass is 32.1. The molecule has 0 aliphatic heterocycles. The second kappa shape index (κ2) is 10.9. The molecule has 0 radical (unpaired) electrons. The molecular formula is C26H28N2O3S. The van der Waals surface area contributed by atoms with Crippen LogP contribution >= 0.6 is 11.3 Å². The Hall–Kier alpha value is -3.25. The topological polar surface area (TPSA) is 71.8 Å². The molecule has 3 rings (SSSR count). The van der Waals surface area contributed by atoms with Gasteiger partial charge in [0.1, 0.15) is 17.4 Å². The molecule has 0 amide bonds. The van der Waals surface area contributed by atoms with Crippen LogP contribution in [0.25, 0.3) is 10.6 Å². The molecular weight excluding hydrogens is 420 g/mol. The van der Waals surface area contributed by atoms with Crippen molar-refractivity contribution in [2.75, 3.05) is 6.54 Å². The molecule has 1 heterocycles. The third kappa shape index (κ3) is 6.14. The number of aryl methyl sites for hydroxylation is 2. The lowest BCUT2D eigenvalue weighted by Gasteiger charge is -2.16. The highest BCUT2D eigenvalue weighted by molar-refractivity contribution is 7.15. The van der Waals surface area contributed by atoms with E-state index in [9.17, 15) is 9.90 Å². The van der Waals surface area contributed by atoms with Crippen LogP contribution in [0.15, 0.2) is 66.2 Å². The van der Waals surface area contributed by atoms with Gasteiger partial charge in [0.25, 0.3) is 0 Å². The number of aromatic nitrogens is 1. The van der Waals surface area contributed by atoms with Crippen LogP contribution < -0.4 is 4.74 Å². The van der Waals surface area contributed by atoms with Gasteiger partial charge in [-0.2, -0.15) is 0 Å². The fourth-order valence-electron chi connectivity index (χ4n) is 3.33. The molecule has 0 aliphatic carbocycles. The van der Waals surface area contributed by atoms with Crippen molar-refractivity contribution in [2.24, 2.45) is 4.99 Å². The van der Waals surface area contributed by atoms with Crippen molar-refractivity contribution in [1.82, 2.24) is 4.98 Å². The number of hydrogen-bond acceptors (Lipinski definition) is 5. The lowest BCUT2D eigenvalue weighted by atomic mass is 9.91. The Balaban J connectivity index is 1.69. The van der Waals surface area contributed by atoms with Crippen LogP contribution in [0.3, 0.4) is 0 Å². The number of nitrogens with zero attached hydrogens (tertiary/aromatic N) is 2. The molecule has 3 aromatic rings. The summed E-state index contributed by atoms with van der Waals surface area (Å²) in [6.45, 7) is 10.5. The molecule has 1 atom stereocenters. The summed E-state index contributed by atoms with van der Waals surface area (Å²) in [7, 11) is 0. The van der Waals surface area contributed by atoms with Gasteiger partial charge in [0, 0.05) is 17.2 Å². The molecule has 2 aromatic carbocycles. The maximum atomic E-state index is 11.3. The maximum absolute atomic E-state index is 11.3. The van der Waals surface area contributed by atoms with Gasteiger partial charge < -0.3 is 9.84 Å². The van der Waals surface area contributed by atoms with E-state index < -0.39 is 5.97 Å². The van der Waals surface area contributed by atoms with Crippen LogP contribution in [0.2, 0.25) is 0 Å². The fourth-order valence-corrected chi connectivity index (χ4v) is 4.31. The maximum Gasteiger partial charge on any atom is 0.304 e. The minimum Gasteiger partial charge on any atom is -0.488 e. The Morgan fingerprint density at radius 1 is 1.19 bits per heavy atom. The Morgan fingerprint density at radius 3 is 2.50 bits per heavy atom. The van der Waals surface area contributed by atoms with Gasteiger partial charge in [-0.25, -0.2) is 4.98 Å². The summed E-state index contributed by atoms with van der Waals surface area (Å²) >= 11 is 1.64. The summed E-state index contributed by atoms with van der Waals surface area (Å²) in [6.07, 6.45) is 1.69. The Kier molecular flexibility index (Phi) is 7.95. The van der Waals surface area contributed by atoms with Gasteiger partial charge in [0.2, 0.25) is 0 Å². The second-order valence-electron chi connectivity index (χ2n) is 7.67. The van der Waals surface area contributed by atoms with Gasteiger partial charge in [-0.05, 0) is 38.5 Å². The van der Waals surface area contributed by atoms with Crippen LogP contribution in [0.4, 0.5) is 0 Å². The molecule has 0 saturated heterocycles. The molecule has 32 heavy (non-hydrogen) atoms. The van der Waals surface area contributed by atoms with Crippen molar-refractivity contribution < 1.29 is 14.6 Å². The zero-order valence-electron chi connectivity index (χ0n) is 18.7. The molecule has 5 nitrogen and oxygen atoms in total. The third-order valence-electron chi connectivity index (χ3n) is 5.20. The Labute approximate surface area is 193 Å². The smallest absolute Gasteiger partial charge is 0.304 e. The van der Waals surface area contributed by atoms with E-state index in [0.29, 0.717) is 13.2 Å². The van der Waals surface area contributed by atoms with Crippen molar-refractivity contribution >= 4 is 23.0 Å². The summed E-state index contributed by atoms with van der Waals surface area (Å²) in [5, 5.41) is 10.3. The number of rotatable bonds is 10. The largest absolute Gasteiger partial charge is 0.488 e. The first-order valence-corrected chi connectivity index (χ1v) is 11.3. The van der Waals surface area contributed by atoms with E-state index in [4.69, 9.17) is 9.72 Å². The highest BCUT2D eigenvalue weighted by Crippen LogP contribution is 2.30. The van der Waals surface area contributed by atoms with Crippen molar-refractivity contribution in [3.05, 3.63) is 82.9 Å². The summed E-state index contributed by atoms with van der Waals surface area (Å²) in [4.78, 5) is 21.5. The molecule has 0 fully saturated rings. The minimum atomic E-state index is -0.853. The highest BCUT2D eigenvalue weighted by Gasteiger charge is 2.19. The van der Waals surface area contributed by atoms with E-state index in [1.807, 2.05) is 38.1 Å². The first-order valence-electron chi connectivity index (χ1n) is 10.5. The number of carboxylic acid groups (broad SMARTS) is 1. The minimum absolute atomic E-state index is 0.00543. The lowest BCUT2D eigenvalue weighted by molar-refractivity contribution is -0.137. The molecule has 0 aliphatic rings. The third-order valence-corrected chi connectivity index (χ3v) is 6.38. The molecule has 6 heteroatoms. The fraction of sp³-hybridized carbons (Fsp3) is 0.269. The van der Waals surface area contributed by atoms with Crippen LogP contribution in [-0.4, -0.2) is 28.3 Å².